The van der Waals surface area contributed by atoms with Crippen molar-refractivity contribution < 1.29 is 18.3 Å². The summed E-state index contributed by atoms with van der Waals surface area (Å²) in [6, 6.07) is 2.88. The third-order valence-corrected chi connectivity index (χ3v) is 2.33. The van der Waals surface area contributed by atoms with E-state index in [-0.39, 0.29) is 17.4 Å². The summed E-state index contributed by atoms with van der Waals surface area (Å²) in [6.07, 6.45) is -3.06. The topological polar surface area (TPSA) is 62.4 Å². The fourth-order valence-electron chi connectivity index (χ4n) is 1.33. The van der Waals surface area contributed by atoms with E-state index in [2.05, 4.69) is 4.98 Å². The second kappa shape index (κ2) is 5.96. The Balaban J connectivity index is 2.88. The Labute approximate surface area is 107 Å². The van der Waals surface area contributed by atoms with Crippen LogP contribution in [0, 0.1) is 0 Å². The quantitative estimate of drug-likeness (QED) is 0.790. The largest absolute Gasteiger partial charge is 0.405 e. The maximum Gasteiger partial charge on any atom is 0.405 e. The predicted molar refractivity (Wildman–Crippen MR) is 65.5 cm³/mol. The number of halogens is 3. The summed E-state index contributed by atoms with van der Waals surface area (Å²) in [5, 5.41) is 8.76. The van der Waals surface area contributed by atoms with Crippen LogP contribution < -0.4 is 10.6 Å². The number of pyridine rings is 1. The lowest BCUT2D eigenvalue weighted by Gasteiger charge is -2.24. The average molecular weight is 279 g/mol. The van der Waals surface area contributed by atoms with Gasteiger partial charge in [-0.2, -0.15) is 13.2 Å². The van der Waals surface area contributed by atoms with Crippen LogP contribution in [0.2, 0.25) is 0 Å². The molecule has 8 heteroatoms. The van der Waals surface area contributed by atoms with Gasteiger partial charge in [0.15, 0.2) is 0 Å². The molecule has 0 aliphatic rings. The van der Waals surface area contributed by atoms with E-state index in [4.69, 9.17) is 23.1 Å². The molecule has 100 valence electrons. The number of thiocarbonyl (C=S) groups is 1. The standard InChI is InChI=1S/C10H12F3N3OS/c11-10(12,13)6-16(3-4-17)8-2-1-7(5-15-8)9(14)18/h1-2,5,17H,3-4,6H2,(H2,14,18). The number of aliphatic hydroxyl groups excluding tert-OH is 1. The summed E-state index contributed by atoms with van der Waals surface area (Å²) in [5.74, 6) is 0.112. The first kappa shape index (κ1) is 14.7. The Morgan fingerprint density at radius 3 is 2.50 bits per heavy atom. The Morgan fingerprint density at radius 2 is 2.11 bits per heavy atom. The molecule has 1 rings (SSSR count). The van der Waals surface area contributed by atoms with Gasteiger partial charge in [0.2, 0.25) is 0 Å². The fourth-order valence-corrected chi connectivity index (χ4v) is 1.45. The predicted octanol–water partition coefficient (Wildman–Crippen LogP) is 1.08. The van der Waals surface area contributed by atoms with Crippen molar-refractivity contribution >= 4 is 23.0 Å². The van der Waals surface area contributed by atoms with E-state index in [0.29, 0.717) is 5.56 Å². The molecule has 0 fully saturated rings. The van der Waals surface area contributed by atoms with Crippen molar-refractivity contribution in [2.24, 2.45) is 5.73 Å². The van der Waals surface area contributed by atoms with Crippen molar-refractivity contribution in [3.8, 4) is 0 Å². The number of alkyl halides is 3. The van der Waals surface area contributed by atoms with Gasteiger partial charge in [-0.25, -0.2) is 4.98 Å². The van der Waals surface area contributed by atoms with Crippen LogP contribution in [0.5, 0.6) is 0 Å². The molecule has 18 heavy (non-hydrogen) atoms. The van der Waals surface area contributed by atoms with Crippen LogP contribution in [0.4, 0.5) is 19.0 Å². The highest BCUT2D eigenvalue weighted by atomic mass is 32.1. The molecule has 4 nitrogen and oxygen atoms in total. The first-order chi connectivity index (χ1) is 8.33. The van der Waals surface area contributed by atoms with Crippen molar-refractivity contribution in [1.29, 1.82) is 0 Å². The molecule has 0 spiro atoms. The summed E-state index contributed by atoms with van der Waals surface area (Å²) in [7, 11) is 0. The first-order valence-electron chi connectivity index (χ1n) is 5.02. The van der Waals surface area contributed by atoms with Crippen LogP contribution in [-0.2, 0) is 0 Å². The van der Waals surface area contributed by atoms with Crippen LogP contribution in [0.1, 0.15) is 5.56 Å². The van der Waals surface area contributed by atoms with Crippen molar-refractivity contribution in [2.45, 2.75) is 6.18 Å². The summed E-state index contributed by atoms with van der Waals surface area (Å²) in [4.78, 5) is 4.91. The van der Waals surface area contributed by atoms with Crippen LogP contribution in [0.3, 0.4) is 0 Å². The fraction of sp³-hybridized carbons (Fsp3) is 0.400. The Hall–Kier alpha value is -1.41. The maximum atomic E-state index is 12.3. The normalized spacial score (nSPS) is 11.3. The second-order valence-corrected chi connectivity index (χ2v) is 3.97. The van der Waals surface area contributed by atoms with Crippen LogP contribution in [0.25, 0.3) is 0 Å². The molecule has 0 saturated carbocycles. The molecular weight excluding hydrogens is 267 g/mol. The molecule has 0 atom stereocenters. The molecule has 0 radical (unpaired) electrons. The van der Waals surface area contributed by atoms with Gasteiger partial charge in [0.1, 0.15) is 17.4 Å². The summed E-state index contributed by atoms with van der Waals surface area (Å²) >= 11 is 4.71. The van der Waals surface area contributed by atoms with Crippen LogP contribution in [0.15, 0.2) is 18.3 Å². The number of anilines is 1. The Morgan fingerprint density at radius 1 is 1.44 bits per heavy atom. The van der Waals surface area contributed by atoms with E-state index >= 15 is 0 Å². The summed E-state index contributed by atoms with van der Waals surface area (Å²) < 4.78 is 37.0. The lowest BCUT2D eigenvalue weighted by Crippen LogP contribution is -2.36. The van der Waals surface area contributed by atoms with Crippen LogP contribution >= 0.6 is 12.2 Å². The molecule has 1 heterocycles. The molecule has 0 aliphatic carbocycles. The van der Waals surface area contributed by atoms with Crippen molar-refractivity contribution in [3.05, 3.63) is 23.9 Å². The number of rotatable bonds is 5. The zero-order valence-electron chi connectivity index (χ0n) is 9.31. The van der Waals surface area contributed by atoms with Gasteiger partial charge >= 0.3 is 6.18 Å². The second-order valence-electron chi connectivity index (χ2n) is 3.53. The van der Waals surface area contributed by atoms with Gasteiger partial charge in [-0.1, -0.05) is 12.2 Å². The minimum atomic E-state index is -4.36. The molecule has 3 N–H and O–H groups in total. The van der Waals surface area contributed by atoms with Crippen molar-refractivity contribution in [3.63, 3.8) is 0 Å². The lowest BCUT2D eigenvalue weighted by molar-refractivity contribution is -0.119. The molecule has 1 aromatic rings. The molecule has 0 aliphatic heterocycles. The number of nitrogens with two attached hydrogens (primary N) is 1. The minimum absolute atomic E-state index is 0.112. The zero-order valence-corrected chi connectivity index (χ0v) is 10.1. The highest BCUT2D eigenvalue weighted by Crippen LogP contribution is 2.20. The molecular formula is C10H12F3N3OS. The highest BCUT2D eigenvalue weighted by Gasteiger charge is 2.31. The number of hydrogen-bond donors (Lipinski definition) is 2. The molecule has 0 bridgehead atoms. The van der Waals surface area contributed by atoms with Crippen molar-refractivity contribution in [1.82, 2.24) is 4.98 Å². The average Bonchev–Trinajstić information content (AvgIpc) is 2.27. The van der Waals surface area contributed by atoms with Crippen LogP contribution in [-0.4, -0.2) is 41.0 Å². The molecule has 0 amide bonds. The summed E-state index contributed by atoms with van der Waals surface area (Å²) in [6.45, 7) is -1.72. The van der Waals surface area contributed by atoms with E-state index < -0.39 is 19.3 Å². The Bertz CT molecular complexity index is 408. The van der Waals surface area contributed by atoms with Gasteiger partial charge in [-0.3, -0.25) is 0 Å². The van der Waals surface area contributed by atoms with Gasteiger partial charge in [-0.15, -0.1) is 0 Å². The summed E-state index contributed by atoms with van der Waals surface area (Å²) in [5.41, 5.74) is 5.83. The van der Waals surface area contributed by atoms with Gasteiger partial charge in [0.25, 0.3) is 0 Å². The first-order valence-corrected chi connectivity index (χ1v) is 5.43. The molecule has 0 saturated heterocycles. The van der Waals surface area contributed by atoms with E-state index in [1.54, 1.807) is 0 Å². The third kappa shape index (κ3) is 4.46. The van der Waals surface area contributed by atoms with E-state index in [1.807, 2.05) is 0 Å². The lowest BCUT2D eigenvalue weighted by atomic mass is 10.3. The van der Waals surface area contributed by atoms with Gasteiger partial charge < -0.3 is 15.7 Å². The van der Waals surface area contributed by atoms with E-state index in [0.717, 1.165) is 4.90 Å². The van der Waals surface area contributed by atoms with E-state index in [9.17, 15) is 13.2 Å². The zero-order chi connectivity index (χ0) is 13.8. The number of nitrogens with zero attached hydrogens (tertiary/aromatic N) is 2. The maximum absolute atomic E-state index is 12.3. The van der Waals surface area contributed by atoms with Gasteiger partial charge in [0, 0.05) is 18.3 Å². The Kier molecular flexibility index (Phi) is 4.85. The smallest absolute Gasteiger partial charge is 0.395 e. The van der Waals surface area contributed by atoms with E-state index in [1.165, 1.54) is 18.3 Å². The minimum Gasteiger partial charge on any atom is -0.395 e. The number of hydrogen-bond acceptors (Lipinski definition) is 4. The van der Waals surface area contributed by atoms with Gasteiger partial charge in [-0.05, 0) is 12.1 Å². The molecule has 0 unspecified atom stereocenters. The van der Waals surface area contributed by atoms with Gasteiger partial charge in [0.05, 0.1) is 6.61 Å². The van der Waals surface area contributed by atoms with Crippen molar-refractivity contribution in [2.75, 3.05) is 24.6 Å². The monoisotopic (exact) mass is 279 g/mol. The number of aromatic nitrogens is 1. The molecule has 0 aromatic carbocycles. The third-order valence-electron chi connectivity index (χ3n) is 2.10. The molecule has 1 aromatic heterocycles. The highest BCUT2D eigenvalue weighted by molar-refractivity contribution is 7.80. The SMILES string of the molecule is NC(=S)c1ccc(N(CCO)CC(F)(F)F)nc1. The number of aliphatic hydroxyl groups is 1.